The van der Waals surface area contributed by atoms with Crippen LogP contribution in [0.5, 0.6) is 0 Å². The van der Waals surface area contributed by atoms with Crippen molar-refractivity contribution in [3.63, 3.8) is 0 Å². The highest BCUT2D eigenvalue weighted by atomic mass is 32.2. The molecule has 110 valence electrons. The third-order valence-electron chi connectivity index (χ3n) is 3.48. The third kappa shape index (κ3) is 4.21. The van der Waals surface area contributed by atoms with Crippen LogP contribution >= 0.6 is 11.8 Å². The van der Waals surface area contributed by atoms with Crippen LogP contribution in [0.3, 0.4) is 0 Å². The number of rotatable bonds is 6. The molecule has 2 unspecified atom stereocenters. The van der Waals surface area contributed by atoms with E-state index in [9.17, 15) is 4.79 Å². The zero-order valence-electron chi connectivity index (χ0n) is 12.1. The van der Waals surface area contributed by atoms with Crippen molar-refractivity contribution in [2.75, 3.05) is 26.3 Å². The van der Waals surface area contributed by atoms with Crippen LogP contribution < -0.4 is 0 Å². The molecular formula is C15H22N2O2S. The van der Waals surface area contributed by atoms with Crippen molar-refractivity contribution >= 4 is 17.7 Å². The minimum absolute atomic E-state index is 0.104. The summed E-state index contributed by atoms with van der Waals surface area (Å²) < 4.78 is 5.39. The molecule has 1 fully saturated rings. The van der Waals surface area contributed by atoms with E-state index >= 15 is 0 Å². The molecule has 5 heteroatoms. The molecule has 0 aromatic carbocycles. The number of hydrogen-bond donors (Lipinski definition) is 0. The van der Waals surface area contributed by atoms with Crippen LogP contribution in [-0.2, 0) is 9.53 Å². The SMILES string of the molecule is CCN(CC1CCOC1)C(=O)C(C)Sc1ccccn1. The molecule has 2 heterocycles. The van der Waals surface area contributed by atoms with Gasteiger partial charge >= 0.3 is 0 Å². The lowest BCUT2D eigenvalue weighted by Crippen LogP contribution is -2.39. The van der Waals surface area contributed by atoms with E-state index in [0.29, 0.717) is 5.92 Å². The zero-order valence-corrected chi connectivity index (χ0v) is 12.9. The molecule has 1 aromatic rings. The number of carbonyl (C=O) groups is 1. The summed E-state index contributed by atoms with van der Waals surface area (Å²) in [5, 5.41) is 0.792. The fourth-order valence-corrected chi connectivity index (χ4v) is 3.21. The van der Waals surface area contributed by atoms with Gasteiger partial charge in [0.05, 0.1) is 16.9 Å². The number of carbonyl (C=O) groups excluding carboxylic acids is 1. The fourth-order valence-electron chi connectivity index (χ4n) is 2.32. The van der Waals surface area contributed by atoms with Gasteiger partial charge in [-0.2, -0.15) is 0 Å². The maximum absolute atomic E-state index is 12.5. The van der Waals surface area contributed by atoms with Gasteiger partial charge in [0.2, 0.25) is 5.91 Å². The number of thioether (sulfide) groups is 1. The average Bonchev–Trinajstić information content (AvgIpc) is 2.98. The van der Waals surface area contributed by atoms with Crippen molar-refractivity contribution in [3.05, 3.63) is 24.4 Å². The van der Waals surface area contributed by atoms with Gasteiger partial charge < -0.3 is 9.64 Å². The molecule has 1 aromatic heterocycles. The highest BCUT2D eigenvalue weighted by Crippen LogP contribution is 2.23. The van der Waals surface area contributed by atoms with Crippen LogP contribution in [-0.4, -0.2) is 47.3 Å². The van der Waals surface area contributed by atoms with Crippen molar-refractivity contribution in [1.82, 2.24) is 9.88 Å². The highest BCUT2D eigenvalue weighted by Gasteiger charge is 2.25. The van der Waals surface area contributed by atoms with Gasteiger partial charge in [0.1, 0.15) is 0 Å². The molecule has 0 N–H and O–H groups in total. The van der Waals surface area contributed by atoms with Crippen molar-refractivity contribution < 1.29 is 9.53 Å². The summed E-state index contributed by atoms with van der Waals surface area (Å²) in [5.74, 6) is 0.681. The quantitative estimate of drug-likeness (QED) is 0.756. The van der Waals surface area contributed by atoms with E-state index in [-0.39, 0.29) is 11.2 Å². The van der Waals surface area contributed by atoms with E-state index in [0.717, 1.165) is 37.8 Å². The normalized spacial score (nSPS) is 19.8. The predicted octanol–water partition coefficient (Wildman–Crippen LogP) is 2.45. The monoisotopic (exact) mass is 294 g/mol. The van der Waals surface area contributed by atoms with Gasteiger partial charge in [0.15, 0.2) is 0 Å². The Morgan fingerprint density at radius 3 is 3.05 bits per heavy atom. The van der Waals surface area contributed by atoms with Crippen LogP contribution in [0.15, 0.2) is 29.4 Å². The predicted molar refractivity (Wildman–Crippen MR) is 80.7 cm³/mol. The number of nitrogens with zero attached hydrogens (tertiary/aromatic N) is 2. The Hall–Kier alpha value is -1.07. The molecule has 0 saturated carbocycles. The van der Waals surface area contributed by atoms with E-state index in [4.69, 9.17) is 4.74 Å². The number of aromatic nitrogens is 1. The average molecular weight is 294 g/mol. The Balaban J connectivity index is 1.89. The maximum atomic E-state index is 12.5. The van der Waals surface area contributed by atoms with Gasteiger partial charge in [-0.3, -0.25) is 4.79 Å². The second kappa shape index (κ2) is 7.64. The van der Waals surface area contributed by atoms with E-state index in [2.05, 4.69) is 4.98 Å². The molecule has 20 heavy (non-hydrogen) atoms. The Kier molecular flexibility index (Phi) is 5.86. The molecule has 1 aliphatic heterocycles. The summed E-state index contributed by atoms with van der Waals surface area (Å²) in [6.45, 7) is 7.16. The zero-order chi connectivity index (χ0) is 14.4. The van der Waals surface area contributed by atoms with Crippen molar-refractivity contribution in [2.45, 2.75) is 30.5 Å². The first-order chi connectivity index (χ1) is 9.70. The van der Waals surface area contributed by atoms with Crippen LogP contribution in [0.25, 0.3) is 0 Å². The Morgan fingerprint density at radius 2 is 2.45 bits per heavy atom. The standard InChI is InChI=1S/C15H22N2O2S/c1-3-17(10-13-7-9-19-11-13)15(18)12(2)20-14-6-4-5-8-16-14/h4-6,8,12-13H,3,7,9-11H2,1-2H3. The smallest absolute Gasteiger partial charge is 0.235 e. The molecule has 1 aliphatic rings. The second-order valence-corrected chi connectivity index (χ2v) is 6.40. The van der Waals surface area contributed by atoms with Gasteiger partial charge in [0, 0.05) is 31.8 Å². The molecule has 2 atom stereocenters. The Labute approximate surface area is 124 Å². The minimum Gasteiger partial charge on any atom is -0.381 e. The van der Waals surface area contributed by atoms with Gasteiger partial charge in [-0.25, -0.2) is 4.98 Å². The lowest BCUT2D eigenvalue weighted by Gasteiger charge is -2.26. The number of ether oxygens (including phenoxy) is 1. The molecule has 1 saturated heterocycles. The van der Waals surface area contributed by atoms with Gasteiger partial charge in [-0.15, -0.1) is 0 Å². The summed E-state index contributed by atoms with van der Waals surface area (Å²) in [5.41, 5.74) is 0. The number of pyridine rings is 1. The third-order valence-corrected chi connectivity index (χ3v) is 4.52. The molecule has 0 spiro atoms. The number of amides is 1. The van der Waals surface area contributed by atoms with Crippen molar-refractivity contribution in [3.8, 4) is 0 Å². The first-order valence-corrected chi connectivity index (χ1v) is 8.03. The van der Waals surface area contributed by atoms with Crippen LogP contribution in [0, 0.1) is 5.92 Å². The molecule has 2 rings (SSSR count). The second-order valence-electron chi connectivity index (χ2n) is 5.03. The van der Waals surface area contributed by atoms with Gasteiger partial charge in [-0.1, -0.05) is 17.8 Å². The molecule has 0 radical (unpaired) electrons. The molecule has 4 nitrogen and oxygen atoms in total. The van der Waals surface area contributed by atoms with Crippen molar-refractivity contribution in [2.24, 2.45) is 5.92 Å². The van der Waals surface area contributed by atoms with Crippen molar-refractivity contribution in [1.29, 1.82) is 0 Å². The minimum atomic E-state index is -0.104. The molecule has 1 amide bonds. The van der Waals surface area contributed by atoms with E-state index in [1.54, 1.807) is 6.20 Å². The lowest BCUT2D eigenvalue weighted by atomic mass is 10.1. The highest BCUT2D eigenvalue weighted by molar-refractivity contribution is 8.00. The topological polar surface area (TPSA) is 42.4 Å². The molecule has 0 aliphatic carbocycles. The van der Waals surface area contributed by atoms with E-state index in [1.807, 2.05) is 36.9 Å². The Morgan fingerprint density at radius 1 is 1.60 bits per heavy atom. The van der Waals surface area contributed by atoms with Gasteiger partial charge in [-0.05, 0) is 32.4 Å². The summed E-state index contributed by atoms with van der Waals surface area (Å²) in [6.07, 6.45) is 2.82. The van der Waals surface area contributed by atoms with E-state index < -0.39 is 0 Å². The summed E-state index contributed by atoms with van der Waals surface area (Å²) in [7, 11) is 0. The first kappa shape index (κ1) is 15.3. The Bertz CT molecular complexity index is 421. The maximum Gasteiger partial charge on any atom is 0.235 e. The van der Waals surface area contributed by atoms with Crippen LogP contribution in [0.2, 0.25) is 0 Å². The molecule has 0 bridgehead atoms. The largest absolute Gasteiger partial charge is 0.381 e. The molecular weight excluding hydrogens is 272 g/mol. The van der Waals surface area contributed by atoms with Crippen LogP contribution in [0.1, 0.15) is 20.3 Å². The first-order valence-electron chi connectivity index (χ1n) is 7.15. The summed E-state index contributed by atoms with van der Waals surface area (Å²) in [6, 6.07) is 5.77. The summed E-state index contributed by atoms with van der Waals surface area (Å²) in [4.78, 5) is 18.7. The number of hydrogen-bond acceptors (Lipinski definition) is 4. The summed E-state index contributed by atoms with van der Waals surface area (Å²) >= 11 is 1.52. The van der Waals surface area contributed by atoms with Gasteiger partial charge in [0.25, 0.3) is 0 Å². The fraction of sp³-hybridized carbons (Fsp3) is 0.600. The van der Waals surface area contributed by atoms with Crippen LogP contribution in [0.4, 0.5) is 0 Å². The lowest BCUT2D eigenvalue weighted by molar-refractivity contribution is -0.130. The van der Waals surface area contributed by atoms with E-state index in [1.165, 1.54) is 11.8 Å².